The summed E-state index contributed by atoms with van der Waals surface area (Å²) in [6.45, 7) is 1.63. The van der Waals surface area contributed by atoms with Crippen LogP contribution >= 0.6 is 24.0 Å². The van der Waals surface area contributed by atoms with Crippen molar-refractivity contribution >= 4 is 46.3 Å². The molecule has 0 aliphatic carbocycles. The smallest absolute Gasteiger partial charge is 0.266 e. The van der Waals surface area contributed by atoms with Gasteiger partial charge in [-0.25, -0.2) is 4.39 Å². The summed E-state index contributed by atoms with van der Waals surface area (Å²) in [6.07, 6.45) is 1.69. The molecule has 0 aromatic heterocycles. The number of nitrogens with zero attached hydrogens (tertiary/aromatic N) is 1. The molecule has 1 aromatic carbocycles. The molecular formula is C14H11FNO3S2-. The predicted molar refractivity (Wildman–Crippen MR) is 80.5 cm³/mol. The lowest BCUT2D eigenvalue weighted by molar-refractivity contribution is -0.310. The molecule has 1 heterocycles. The molecule has 110 valence electrons. The number of aliphatic carboxylic acids is 1. The van der Waals surface area contributed by atoms with Gasteiger partial charge >= 0.3 is 0 Å². The SMILES string of the molecule is CC[C@@H](C(=O)[O-])N1C(=O)/C(=C/c2cccc(F)c2)SC1=S. The van der Waals surface area contributed by atoms with E-state index in [1.807, 2.05) is 0 Å². The number of thioether (sulfide) groups is 1. The number of carbonyl (C=O) groups excluding carboxylic acids is 2. The minimum absolute atomic E-state index is 0.165. The maximum absolute atomic E-state index is 13.1. The highest BCUT2D eigenvalue weighted by atomic mass is 32.2. The van der Waals surface area contributed by atoms with Gasteiger partial charge in [-0.2, -0.15) is 0 Å². The van der Waals surface area contributed by atoms with Crippen LogP contribution in [0.2, 0.25) is 0 Å². The Kier molecular flexibility index (Phi) is 4.74. The third-order valence-electron chi connectivity index (χ3n) is 2.94. The molecule has 1 amide bonds. The van der Waals surface area contributed by atoms with Gasteiger partial charge in [0.15, 0.2) is 0 Å². The van der Waals surface area contributed by atoms with Gasteiger partial charge in [0.1, 0.15) is 10.1 Å². The second-order valence-electron chi connectivity index (χ2n) is 4.35. The Hall–Kier alpha value is -1.73. The monoisotopic (exact) mass is 324 g/mol. The van der Waals surface area contributed by atoms with E-state index in [9.17, 15) is 19.1 Å². The fourth-order valence-corrected chi connectivity index (χ4v) is 3.31. The lowest BCUT2D eigenvalue weighted by Gasteiger charge is -2.26. The quantitative estimate of drug-likeness (QED) is 0.621. The Balaban J connectivity index is 2.31. The summed E-state index contributed by atoms with van der Waals surface area (Å²) in [6, 6.07) is 4.66. The summed E-state index contributed by atoms with van der Waals surface area (Å²) in [5.41, 5.74) is 0.511. The largest absolute Gasteiger partial charge is 0.548 e. The molecule has 0 spiro atoms. The Morgan fingerprint density at radius 1 is 1.57 bits per heavy atom. The van der Waals surface area contributed by atoms with E-state index in [-0.39, 0.29) is 15.6 Å². The van der Waals surface area contributed by atoms with Crippen LogP contribution in [0.3, 0.4) is 0 Å². The van der Waals surface area contributed by atoms with Crippen LogP contribution in [0, 0.1) is 5.82 Å². The highest BCUT2D eigenvalue weighted by Crippen LogP contribution is 2.34. The zero-order valence-electron chi connectivity index (χ0n) is 11.0. The van der Waals surface area contributed by atoms with Gasteiger partial charge in [0.05, 0.1) is 16.9 Å². The minimum Gasteiger partial charge on any atom is -0.548 e. The van der Waals surface area contributed by atoms with E-state index in [1.54, 1.807) is 13.0 Å². The number of amides is 1. The number of carbonyl (C=O) groups is 2. The summed E-state index contributed by atoms with van der Waals surface area (Å²) in [4.78, 5) is 24.7. The molecule has 21 heavy (non-hydrogen) atoms. The van der Waals surface area contributed by atoms with Crippen LogP contribution in [0.25, 0.3) is 6.08 Å². The number of carboxylic acids is 1. The number of halogens is 1. The summed E-state index contributed by atoms with van der Waals surface area (Å²) in [5, 5.41) is 11.1. The molecule has 1 aliphatic heterocycles. The van der Waals surface area contributed by atoms with Crippen molar-refractivity contribution in [2.45, 2.75) is 19.4 Å². The third kappa shape index (κ3) is 3.30. The molecule has 0 bridgehead atoms. The van der Waals surface area contributed by atoms with Crippen molar-refractivity contribution < 1.29 is 19.1 Å². The molecule has 0 N–H and O–H groups in total. The van der Waals surface area contributed by atoms with Crippen LogP contribution in [-0.4, -0.2) is 27.1 Å². The Bertz CT molecular complexity index is 645. The first-order valence-corrected chi connectivity index (χ1v) is 7.40. The second kappa shape index (κ2) is 6.36. The van der Waals surface area contributed by atoms with Crippen molar-refractivity contribution in [3.05, 3.63) is 40.6 Å². The van der Waals surface area contributed by atoms with Crippen molar-refractivity contribution in [3.8, 4) is 0 Å². The van der Waals surface area contributed by atoms with Gasteiger partial charge in [-0.15, -0.1) is 0 Å². The first-order valence-electron chi connectivity index (χ1n) is 6.17. The minimum atomic E-state index is -1.35. The van der Waals surface area contributed by atoms with Gasteiger partial charge in [0, 0.05) is 0 Å². The lowest BCUT2D eigenvalue weighted by atomic mass is 10.1. The van der Waals surface area contributed by atoms with Crippen molar-refractivity contribution in [2.24, 2.45) is 0 Å². The molecular weight excluding hydrogens is 313 g/mol. The van der Waals surface area contributed by atoms with Crippen LogP contribution in [0.1, 0.15) is 18.9 Å². The van der Waals surface area contributed by atoms with Crippen molar-refractivity contribution in [3.63, 3.8) is 0 Å². The fourth-order valence-electron chi connectivity index (χ4n) is 1.95. The number of hydrogen-bond acceptors (Lipinski definition) is 5. The molecule has 1 fully saturated rings. The first kappa shape index (κ1) is 15.7. The van der Waals surface area contributed by atoms with E-state index < -0.39 is 23.7 Å². The average Bonchev–Trinajstić information content (AvgIpc) is 2.67. The van der Waals surface area contributed by atoms with Gasteiger partial charge in [-0.3, -0.25) is 9.69 Å². The summed E-state index contributed by atoms with van der Waals surface area (Å²) in [7, 11) is 0. The zero-order chi connectivity index (χ0) is 15.6. The van der Waals surface area contributed by atoms with Crippen LogP contribution in [0.15, 0.2) is 29.2 Å². The third-order valence-corrected chi connectivity index (χ3v) is 4.27. The van der Waals surface area contributed by atoms with Crippen LogP contribution < -0.4 is 5.11 Å². The van der Waals surface area contributed by atoms with E-state index in [4.69, 9.17) is 12.2 Å². The van der Waals surface area contributed by atoms with Crippen LogP contribution in [0.4, 0.5) is 4.39 Å². The summed E-state index contributed by atoms with van der Waals surface area (Å²) >= 11 is 6.06. The van der Waals surface area contributed by atoms with Gasteiger partial charge in [0.2, 0.25) is 0 Å². The second-order valence-corrected chi connectivity index (χ2v) is 6.03. The number of carboxylic acid groups (broad SMARTS) is 1. The molecule has 1 aromatic rings. The highest BCUT2D eigenvalue weighted by molar-refractivity contribution is 8.26. The molecule has 0 unspecified atom stereocenters. The average molecular weight is 324 g/mol. The Labute approximate surface area is 130 Å². The predicted octanol–water partition coefficient (Wildman–Crippen LogP) is 1.56. The van der Waals surface area contributed by atoms with E-state index in [2.05, 4.69) is 0 Å². The number of rotatable bonds is 4. The van der Waals surface area contributed by atoms with Gasteiger partial charge in [0.25, 0.3) is 5.91 Å². The maximum Gasteiger partial charge on any atom is 0.266 e. The topological polar surface area (TPSA) is 60.4 Å². The summed E-state index contributed by atoms with van der Waals surface area (Å²) in [5.74, 6) is -2.26. The molecule has 1 saturated heterocycles. The van der Waals surface area contributed by atoms with E-state index in [0.29, 0.717) is 5.56 Å². The van der Waals surface area contributed by atoms with E-state index in [1.165, 1.54) is 24.3 Å². The highest BCUT2D eigenvalue weighted by Gasteiger charge is 2.36. The van der Waals surface area contributed by atoms with Crippen LogP contribution in [-0.2, 0) is 9.59 Å². The molecule has 4 nitrogen and oxygen atoms in total. The fraction of sp³-hybridized carbons (Fsp3) is 0.214. The normalized spacial score (nSPS) is 18.4. The Morgan fingerprint density at radius 3 is 2.86 bits per heavy atom. The molecule has 0 saturated carbocycles. The van der Waals surface area contributed by atoms with E-state index in [0.717, 1.165) is 16.7 Å². The van der Waals surface area contributed by atoms with Gasteiger partial charge in [-0.05, 0) is 30.2 Å². The van der Waals surface area contributed by atoms with Crippen molar-refractivity contribution in [1.29, 1.82) is 0 Å². The molecule has 1 atom stereocenters. The standard InChI is InChI=1S/C14H12FNO3S2/c1-2-10(13(18)19)16-12(17)11(21-14(16)20)7-8-4-3-5-9(15)6-8/h3-7,10H,2H2,1H3,(H,18,19)/p-1/b11-7-/t10-/m0/s1. The maximum atomic E-state index is 13.1. The van der Waals surface area contributed by atoms with Crippen molar-refractivity contribution in [1.82, 2.24) is 4.90 Å². The molecule has 0 radical (unpaired) electrons. The Morgan fingerprint density at radius 2 is 2.29 bits per heavy atom. The van der Waals surface area contributed by atoms with Crippen LogP contribution in [0.5, 0.6) is 0 Å². The van der Waals surface area contributed by atoms with E-state index >= 15 is 0 Å². The first-order chi connectivity index (χ1) is 9.93. The van der Waals surface area contributed by atoms with Gasteiger partial charge in [-0.1, -0.05) is 43.0 Å². The number of benzene rings is 1. The molecule has 2 rings (SSSR count). The summed E-state index contributed by atoms with van der Waals surface area (Å²) < 4.78 is 13.3. The number of hydrogen-bond donors (Lipinski definition) is 0. The molecule has 7 heteroatoms. The van der Waals surface area contributed by atoms with Crippen molar-refractivity contribution in [2.75, 3.05) is 0 Å². The molecule has 1 aliphatic rings. The number of thiocarbonyl (C=S) groups is 1. The zero-order valence-corrected chi connectivity index (χ0v) is 12.7. The lowest BCUT2D eigenvalue weighted by Crippen LogP contribution is -2.49. The van der Waals surface area contributed by atoms with Gasteiger partial charge < -0.3 is 9.90 Å².